The van der Waals surface area contributed by atoms with Gasteiger partial charge in [0.1, 0.15) is 5.75 Å². The van der Waals surface area contributed by atoms with Gasteiger partial charge in [0.25, 0.3) is 5.19 Å². The molecule has 3 nitrogen and oxygen atoms in total. The van der Waals surface area contributed by atoms with Crippen molar-refractivity contribution in [3.8, 4) is 10.9 Å². The number of aryl methyl sites for hydroxylation is 1. The second-order valence-electron chi connectivity index (χ2n) is 3.37. The molecule has 0 saturated carbocycles. The molecule has 0 fully saturated rings. The van der Waals surface area contributed by atoms with Gasteiger partial charge in [-0.3, -0.25) is 0 Å². The van der Waals surface area contributed by atoms with Crippen molar-refractivity contribution in [2.45, 2.75) is 20.0 Å². The van der Waals surface area contributed by atoms with Crippen molar-refractivity contribution in [1.82, 2.24) is 4.98 Å². The molecule has 2 rings (SSSR count). The minimum absolute atomic E-state index is 0.0231. The second-order valence-corrected chi connectivity index (χ2v) is 4.19. The first-order valence-corrected chi connectivity index (χ1v) is 6.02. The van der Waals surface area contributed by atoms with Crippen molar-refractivity contribution in [1.29, 1.82) is 0 Å². The molecular weight excluding hydrogens is 222 g/mol. The highest BCUT2D eigenvalue weighted by atomic mass is 32.1. The monoisotopic (exact) mass is 235 g/mol. The average molecular weight is 235 g/mol. The average Bonchev–Trinajstić information content (AvgIpc) is 2.77. The van der Waals surface area contributed by atoms with Crippen LogP contribution in [0.15, 0.2) is 29.6 Å². The van der Waals surface area contributed by atoms with Crippen LogP contribution in [0.4, 0.5) is 0 Å². The molecular formula is C12H13NO2S. The number of aromatic nitrogens is 1. The highest BCUT2D eigenvalue weighted by Gasteiger charge is 2.03. The van der Waals surface area contributed by atoms with Gasteiger partial charge in [-0.05, 0) is 24.1 Å². The number of benzene rings is 1. The van der Waals surface area contributed by atoms with E-state index in [1.165, 1.54) is 11.3 Å². The Hall–Kier alpha value is -1.39. The number of ether oxygens (including phenoxy) is 1. The van der Waals surface area contributed by atoms with E-state index in [4.69, 9.17) is 9.84 Å². The minimum atomic E-state index is 0.0231. The molecule has 0 aliphatic heterocycles. The van der Waals surface area contributed by atoms with Gasteiger partial charge in [-0.1, -0.05) is 30.4 Å². The van der Waals surface area contributed by atoms with Crippen LogP contribution in [0.3, 0.4) is 0 Å². The lowest BCUT2D eigenvalue weighted by molar-refractivity contribution is 0.281. The van der Waals surface area contributed by atoms with Gasteiger partial charge in [0.15, 0.2) is 0 Å². The van der Waals surface area contributed by atoms with Crippen LogP contribution in [0.25, 0.3) is 0 Å². The molecule has 0 amide bonds. The van der Waals surface area contributed by atoms with E-state index >= 15 is 0 Å². The Morgan fingerprint density at radius 1 is 1.44 bits per heavy atom. The highest BCUT2D eigenvalue weighted by Crippen LogP contribution is 2.25. The lowest BCUT2D eigenvalue weighted by Crippen LogP contribution is -1.87. The summed E-state index contributed by atoms with van der Waals surface area (Å²) in [6.45, 7) is 2.08. The van der Waals surface area contributed by atoms with Gasteiger partial charge in [0.05, 0.1) is 12.3 Å². The number of nitrogens with zero attached hydrogens (tertiary/aromatic N) is 1. The molecule has 1 aromatic heterocycles. The van der Waals surface area contributed by atoms with Crippen LogP contribution < -0.4 is 4.74 Å². The van der Waals surface area contributed by atoms with E-state index in [0.717, 1.165) is 17.7 Å². The van der Waals surface area contributed by atoms with Crippen LogP contribution in [0.2, 0.25) is 0 Å². The lowest BCUT2D eigenvalue weighted by atomic mass is 10.2. The van der Waals surface area contributed by atoms with Gasteiger partial charge in [-0.25, -0.2) is 4.98 Å². The smallest absolute Gasteiger partial charge is 0.278 e. The molecule has 0 atom stereocenters. The summed E-state index contributed by atoms with van der Waals surface area (Å²) < 4.78 is 5.60. The molecule has 4 heteroatoms. The predicted octanol–water partition coefficient (Wildman–Crippen LogP) is 2.99. The van der Waals surface area contributed by atoms with Gasteiger partial charge in [0.2, 0.25) is 0 Å². The largest absolute Gasteiger partial charge is 0.431 e. The van der Waals surface area contributed by atoms with Crippen molar-refractivity contribution in [3.63, 3.8) is 0 Å². The van der Waals surface area contributed by atoms with E-state index in [2.05, 4.69) is 11.9 Å². The maximum absolute atomic E-state index is 9.00. The van der Waals surface area contributed by atoms with Crippen molar-refractivity contribution < 1.29 is 9.84 Å². The first-order chi connectivity index (χ1) is 7.81. The van der Waals surface area contributed by atoms with E-state index in [1.807, 2.05) is 29.6 Å². The summed E-state index contributed by atoms with van der Waals surface area (Å²) in [4.78, 5) is 4.31. The number of aliphatic hydroxyl groups excluding tert-OH is 1. The van der Waals surface area contributed by atoms with Crippen molar-refractivity contribution >= 4 is 11.3 Å². The van der Waals surface area contributed by atoms with Gasteiger partial charge in [-0.2, -0.15) is 0 Å². The van der Waals surface area contributed by atoms with E-state index in [-0.39, 0.29) is 6.61 Å². The zero-order valence-corrected chi connectivity index (χ0v) is 9.83. The molecule has 84 valence electrons. The molecule has 0 radical (unpaired) electrons. The van der Waals surface area contributed by atoms with Crippen LogP contribution in [-0.4, -0.2) is 10.1 Å². The molecule has 1 heterocycles. The molecule has 0 bridgehead atoms. The Morgan fingerprint density at radius 3 is 3.00 bits per heavy atom. The van der Waals surface area contributed by atoms with Crippen molar-refractivity contribution in [3.05, 3.63) is 40.9 Å². The van der Waals surface area contributed by atoms with Crippen molar-refractivity contribution in [2.75, 3.05) is 0 Å². The van der Waals surface area contributed by atoms with Crippen LogP contribution in [0.5, 0.6) is 10.9 Å². The Bertz CT molecular complexity index is 468. The maximum Gasteiger partial charge on any atom is 0.278 e. The van der Waals surface area contributed by atoms with Gasteiger partial charge >= 0.3 is 0 Å². The lowest BCUT2D eigenvalue weighted by Gasteiger charge is -2.02. The summed E-state index contributed by atoms with van der Waals surface area (Å²) in [6.07, 6.45) is 0.913. The van der Waals surface area contributed by atoms with Gasteiger partial charge in [-0.15, -0.1) is 0 Å². The van der Waals surface area contributed by atoms with Crippen LogP contribution in [0.1, 0.15) is 18.2 Å². The molecule has 0 saturated heterocycles. The first-order valence-electron chi connectivity index (χ1n) is 5.14. The highest BCUT2D eigenvalue weighted by molar-refractivity contribution is 7.11. The number of rotatable bonds is 4. The zero-order valence-electron chi connectivity index (χ0n) is 9.01. The fourth-order valence-corrected chi connectivity index (χ4v) is 2.08. The van der Waals surface area contributed by atoms with Gasteiger partial charge in [0, 0.05) is 5.38 Å². The van der Waals surface area contributed by atoms with Crippen LogP contribution >= 0.6 is 11.3 Å². The van der Waals surface area contributed by atoms with Crippen LogP contribution in [-0.2, 0) is 13.0 Å². The Labute approximate surface area is 98.4 Å². The van der Waals surface area contributed by atoms with Gasteiger partial charge < -0.3 is 9.84 Å². The molecule has 0 aliphatic rings. The van der Waals surface area contributed by atoms with E-state index in [1.54, 1.807) is 0 Å². The Morgan fingerprint density at radius 2 is 2.31 bits per heavy atom. The van der Waals surface area contributed by atoms with Crippen molar-refractivity contribution in [2.24, 2.45) is 0 Å². The number of hydrogen-bond donors (Lipinski definition) is 1. The summed E-state index contributed by atoms with van der Waals surface area (Å²) in [5.41, 5.74) is 1.88. The number of hydrogen-bond acceptors (Lipinski definition) is 4. The standard InChI is InChI=1S/C12H13NO2S/c1-2-10-8-16-12(13-10)15-11-5-3-4-9(6-11)7-14/h3-6,8,14H,2,7H2,1H3. The maximum atomic E-state index is 9.00. The molecule has 0 spiro atoms. The summed E-state index contributed by atoms with van der Waals surface area (Å²) in [6, 6.07) is 7.38. The molecule has 1 aromatic carbocycles. The summed E-state index contributed by atoms with van der Waals surface area (Å²) >= 11 is 1.49. The SMILES string of the molecule is CCc1csc(Oc2cccc(CO)c2)n1. The topological polar surface area (TPSA) is 42.4 Å². The zero-order chi connectivity index (χ0) is 11.4. The minimum Gasteiger partial charge on any atom is -0.431 e. The third-order valence-electron chi connectivity index (χ3n) is 2.18. The fourth-order valence-electron chi connectivity index (χ4n) is 1.31. The first kappa shape index (κ1) is 11.1. The predicted molar refractivity (Wildman–Crippen MR) is 63.9 cm³/mol. The van der Waals surface area contributed by atoms with Crippen LogP contribution in [0, 0.1) is 0 Å². The number of aliphatic hydroxyl groups is 1. The number of thiazole rings is 1. The third kappa shape index (κ3) is 2.59. The quantitative estimate of drug-likeness (QED) is 0.885. The Balaban J connectivity index is 2.13. The molecule has 0 aliphatic carbocycles. The van der Waals surface area contributed by atoms with E-state index in [0.29, 0.717) is 10.9 Å². The summed E-state index contributed by atoms with van der Waals surface area (Å²) in [5.74, 6) is 0.712. The second kappa shape index (κ2) is 5.09. The molecule has 1 N–H and O–H groups in total. The normalized spacial score (nSPS) is 10.4. The van der Waals surface area contributed by atoms with E-state index < -0.39 is 0 Å². The molecule has 2 aromatic rings. The summed E-state index contributed by atoms with van der Waals surface area (Å²) in [7, 11) is 0. The third-order valence-corrected chi connectivity index (χ3v) is 2.95. The fraction of sp³-hybridized carbons (Fsp3) is 0.250. The Kier molecular flexibility index (Phi) is 3.54. The molecule has 0 unspecified atom stereocenters. The molecule has 16 heavy (non-hydrogen) atoms. The van der Waals surface area contributed by atoms with E-state index in [9.17, 15) is 0 Å². The summed E-state index contributed by atoms with van der Waals surface area (Å²) in [5, 5.41) is 11.6.